The highest BCUT2D eigenvalue weighted by atomic mass is 79.9. The van der Waals surface area contributed by atoms with Gasteiger partial charge in [-0.25, -0.2) is 0 Å². The largest absolute Gasteiger partial charge is 0.491 e. The van der Waals surface area contributed by atoms with Crippen LogP contribution in [-0.2, 0) is 19.2 Å². The molecular weight excluding hydrogens is 494 g/mol. The van der Waals surface area contributed by atoms with Crippen molar-refractivity contribution >= 4 is 39.3 Å². The minimum absolute atomic E-state index is 0.0492. The van der Waals surface area contributed by atoms with Crippen molar-refractivity contribution in [3.63, 3.8) is 0 Å². The fourth-order valence-electron chi connectivity index (χ4n) is 5.55. The third-order valence-corrected chi connectivity index (χ3v) is 7.48. The predicted octanol–water partition coefficient (Wildman–Crippen LogP) is 2.21. The van der Waals surface area contributed by atoms with E-state index < -0.39 is 35.5 Å². The molecule has 0 radical (unpaired) electrons. The van der Waals surface area contributed by atoms with E-state index in [9.17, 15) is 29.5 Å². The van der Waals surface area contributed by atoms with Gasteiger partial charge in [0.05, 0.1) is 22.9 Å². The first-order chi connectivity index (χ1) is 15.8. The number of rotatable bonds is 4. The molecule has 4 atom stereocenters. The van der Waals surface area contributed by atoms with Crippen LogP contribution in [0.15, 0.2) is 57.6 Å². The van der Waals surface area contributed by atoms with Crippen molar-refractivity contribution in [1.29, 1.82) is 0 Å². The van der Waals surface area contributed by atoms with Gasteiger partial charge in [0, 0.05) is 28.7 Å². The zero-order chi connectivity index (χ0) is 23.4. The molecule has 1 fully saturated rings. The van der Waals surface area contributed by atoms with Crippen LogP contribution in [0.1, 0.15) is 24.3 Å². The van der Waals surface area contributed by atoms with Gasteiger partial charge in [0.25, 0.3) is 11.8 Å². The Labute approximate surface area is 197 Å². The Balaban J connectivity index is 1.71. The molecular formula is C24H20BrNO7. The van der Waals surface area contributed by atoms with E-state index in [1.54, 1.807) is 24.3 Å². The minimum atomic E-state index is -0.808. The molecule has 1 aromatic rings. The number of para-hydroxylation sites is 1. The number of hydroxylamine groups is 2. The number of ether oxygens (including phenoxy) is 1. The van der Waals surface area contributed by atoms with Gasteiger partial charge >= 0.3 is 0 Å². The highest BCUT2D eigenvalue weighted by molar-refractivity contribution is 9.12. The zero-order valence-corrected chi connectivity index (χ0v) is 18.9. The summed E-state index contributed by atoms with van der Waals surface area (Å²) >= 11 is 3.18. The number of fused-ring (bicyclic) bond motifs is 3. The summed E-state index contributed by atoms with van der Waals surface area (Å²) in [5.74, 6) is -4.20. The van der Waals surface area contributed by atoms with Gasteiger partial charge in [0.15, 0.2) is 11.6 Å². The van der Waals surface area contributed by atoms with E-state index in [1.807, 2.05) is 6.08 Å². The normalized spacial score (nSPS) is 28.9. The lowest BCUT2D eigenvalue weighted by Crippen LogP contribution is -2.39. The number of aliphatic hydroxyl groups is 1. The minimum Gasteiger partial charge on any atom is -0.491 e. The molecule has 0 saturated carbocycles. The van der Waals surface area contributed by atoms with E-state index >= 15 is 0 Å². The molecule has 33 heavy (non-hydrogen) atoms. The van der Waals surface area contributed by atoms with E-state index in [0.717, 1.165) is 5.57 Å². The molecule has 8 nitrogen and oxygen atoms in total. The molecule has 1 saturated heterocycles. The number of benzene rings is 1. The van der Waals surface area contributed by atoms with Crippen LogP contribution in [0.25, 0.3) is 0 Å². The summed E-state index contributed by atoms with van der Waals surface area (Å²) < 4.78 is 5.88. The van der Waals surface area contributed by atoms with Crippen LogP contribution >= 0.6 is 15.9 Å². The number of carbonyl (C=O) groups is 4. The van der Waals surface area contributed by atoms with Crippen LogP contribution in [0.3, 0.4) is 0 Å². The van der Waals surface area contributed by atoms with Crippen molar-refractivity contribution in [3.8, 4) is 5.75 Å². The molecule has 1 aliphatic heterocycles. The second-order valence-corrected chi connectivity index (χ2v) is 9.35. The van der Waals surface area contributed by atoms with Crippen molar-refractivity contribution in [2.75, 3.05) is 13.2 Å². The van der Waals surface area contributed by atoms with Gasteiger partial charge < -0.3 is 9.84 Å². The summed E-state index contributed by atoms with van der Waals surface area (Å²) in [6, 6.07) is 7.08. The number of hydrogen-bond donors (Lipinski definition) is 2. The van der Waals surface area contributed by atoms with Crippen molar-refractivity contribution < 1.29 is 34.2 Å². The summed E-state index contributed by atoms with van der Waals surface area (Å²) in [4.78, 5) is 51.5. The molecule has 0 aromatic heterocycles. The van der Waals surface area contributed by atoms with Gasteiger partial charge in [-0.3, -0.25) is 24.4 Å². The first-order valence-corrected chi connectivity index (χ1v) is 11.4. The second kappa shape index (κ2) is 8.16. The van der Waals surface area contributed by atoms with E-state index in [0.29, 0.717) is 22.5 Å². The highest BCUT2D eigenvalue weighted by Gasteiger charge is 2.56. The summed E-state index contributed by atoms with van der Waals surface area (Å²) in [5, 5.41) is 19.4. The molecule has 170 valence electrons. The van der Waals surface area contributed by atoms with E-state index in [1.165, 1.54) is 6.08 Å². The Kier molecular flexibility index (Phi) is 5.43. The topological polar surface area (TPSA) is 121 Å². The lowest BCUT2D eigenvalue weighted by molar-refractivity contribution is -0.173. The lowest BCUT2D eigenvalue weighted by atomic mass is 9.59. The Morgan fingerprint density at radius 1 is 1.09 bits per heavy atom. The molecule has 9 heteroatoms. The van der Waals surface area contributed by atoms with Crippen LogP contribution in [0.2, 0.25) is 0 Å². The van der Waals surface area contributed by atoms with Gasteiger partial charge in [0.2, 0.25) is 0 Å². The Hall–Kier alpha value is -2.88. The van der Waals surface area contributed by atoms with Crippen molar-refractivity contribution in [3.05, 3.63) is 63.2 Å². The average Bonchev–Trinajstić information content (AvgIpc) is 3.04. The zero-order valence-electron chi connectivity index (χ0n) is 17.4. The smallest absolute Gasteiger partial charge is 0.257 e. The predicted molar refractivity (Wildman–Crippen MR) is 117 cm³/mol. The summed E-state index contributed by atoms with van der Waals surface area (Å²) in [5.41, 5.74) is 2.04. The fourth-order valence-corrected chi connectivity index (χ4v) is 6.00. The van der Waals surface area contributed by atoms with E-state index in [2.05, 4.69) is 15.9 Å². The Morgan fingerprint density at radius 3 is 2.61 bits per heavy atom. The molecule has 0 bridgehead atoms. The summed E-state index contributed by atoms with van der Waals surface area (Å²) in [7, 11) is 0. The molecule has 2 N–H and O–H groups in total. The first-order valence-electron chi connectivity index (χ1n) is 10.6. The molecule has 4 unspecified atom stereocenters. The lowest BCUT2D eigenvalue weighted by Gasteiger charge is -2.42. The van der Waals surface area contributed by atoms with Gasteiger partial charge in [-0.15, -0.1) is 0 Å². The maximum Gasteiger partial charge on any atom is 0.257 e. The third-order valence-electron chi connectivity index (χ3n) is 6.89. The van der Waals surface area contributed by atoms with Gasteiger partial charge in [-0.1, -0.05) is 29.8 Å². The third kappa shape index (κ3) is 3.25. The SMILES string of the molecule is O=C1C=C(Br)C(=O)C2=C1C(c1ccccc1OCCO)C1=CCC3C(=O)N(O)C(=O)C3C1C2. The Morgan fingerprint density at radius 2 is 1.85 bits per heavy atom. The summed E-state index contributed by atoms with van der Waals surface area (Å²) in [6.45, 7) is -0.147. The molecule has 1 aromatic carbocycles. The van der Waals surface area contributed by atoms with E-state index in [4.69, 9.17) is 4.74 Å². The number of Topliss-reactive ketones (excluding diaryl/α,β-unsaturated/α-hetero) is 1. The van der Waals surface area contributed by atoms with Crippen LogP contribution in [0.5, 0.6) is 5.75 Å². The number of amides is 2. The Bertz CT molecular complexity index is 1200. The number of aliphatic hydroxyl groups excluding tert-OH is 1. The first kappa shape index (κ1) is 21.9. The fraction of sp³-hybridized carbons (Fsp3) is 0.333. The van der Waals surface area contributed by atoms with Crippen molar-refractivity contribution in [1.82, 2.24) is 5.06 Å². The van der Waals surface area contributed by atoms with Gasteiger partial charge in [0.1, 0.15) is 12.4 Å². The molecule has 3 aliphatic carbocycles. The van der Waals surface area contributed by atoms with Crippen LogP contribution in [0, 0.1) is 17.8 Å². The maximum absolute atomic E-state index is 13.2. The van der Waals surface area contributed by atoms with E-state index in [-0.39, 0.29) is 47.2 Å². The van der Waals surface area contributed by atoms with Crippen molar-refractivity contribution in [2.45, 2.75) is 18.8 Å². The second-order valence-electron chi connectivity index (χ2n) is 8.49. The number of nitrogens with zero attached hydrogens (tertiary/aromatic N) is 1. The summed E-state index contributed by atoms with van der Waals surface area (Å²) in [6.07, 6.45) is 3.49. The molecule has 0 spiro atoms. The number of ketones is 2. The number of halogens is 1. The van der Waals surface area contributed by atoms with Gasteiger partial charge in [-0.05, 0) is 40.8 Å². The highest BCUT2D eigenvalue weighted by Crippen LogP contribution is 2.56. The van der Waals surface area contributed by atoms with Crippen LogP contribution < -0.4 is 4.74 Å². The molecule has 1 heterocycles. The van der Waals surface area contributed by atoms with Crippen molar-refractivity contribution in [2.24, 2.45) is 17.8 Å². The monoisotopic (exact) mass is 513 g/mol. The number of allylic oxidation sites excluding steroid dienone is 6. The number of imide groups is 1. The number of carbonyl (C=O) groups excluding carboxylic acids is 4. The van der Waals surface area contributed by atoms with Crippen LogP contribution in [-0.4, -0.2) is 52.0 Å². The van der Waals surface area contributed by atoms with Gasteiger partial charge in [-0.2, -0.15) is 5.06 Å². The molecule has 2 amide bonds. The number of hydrogen-bond acceptors (Lipinski definition) is 7. The molecule has 4 aliphatic rings. The standard InChI is InChI=1S/C24H20BrNO7/c25-16-10-17(28)21-15(22(16)29)9-14-11(5-6-13-20(14)24(31)26(32)23(13)30)19(21)12-3-1-2-4-18(12)33-8-7-27/h1-5,10,13-14,19-20,27,32H,6-9H2. The molecule has 5 rings (SSSR count). The van der Waals surface area contributed by atoms with Crippen LogP contribution in [0.4, 0.5) is 0 Å². The quantitative estimate of drug-likeness (QED) is 0.274. The average molecular weight is 514 g/mol. The maximum atomic E-state index is 13.2.